The summed E-state index contributed by atoms with van der Waals surface area (Å²) in [6.45, 7) is 7.71. The molecule has 0 aliphatic carbocycles. The maximum atomic E-state index is 14.7. The summed E-state index contributed by atoms with van der Waals surface area (Å²) >= 11 is 12.6. The summed E-state index contributed by atoms with van der Waals surface area (Å²) < 4.78 is 0. The lowest BCUT2D eigenvalue weighted by molar-refractivity contribution is -0.136. The zero-order valence-electron chi connectivity index (χ0n) is 26.7. The van der Waals surface area contributed by atoms with Crippen LogP contribution in [-0.4, -0.2) is 45.7 Å². The minimum Gasteiger partial charge on any atom is -0.274 e. The number of hydrogen-bond donors (Lipinski definition) is 0. The average molecular weight is 680 g/mol. The number of rotatable bonds is 4. The van der Waals surface area contributed by atoms with E-state index in [1.807, 2.05) is 98.4 Å². The van der Waals surface area contributed by atoms with Crippen LogP contribution in [0.2, 0.25) is 10.0 Å². The first-order chi connectivity index (χ1) is 22.9. The highest BCUT2D eigenvalue weighted by molar-refractivity contribution is 6.31. The van der Waals surface area contributed by atoms with Gasteiger partial charge in [0.15, 0.2) is 0 Å². The van der Waals surface area contributed by atoms with E-state index >= 15 is 0 Å². The number of benzene rings is 4. The van der Waals surface area contributed by atoms with Crippen LogP contribution in [0.1, 0.15) is 45.5 Å². The van der Waals surface area contributed by atoms with Gasteiger partial charge in [-0.05, 0) is 110 Å². The Morgan fingerprint density at radius 2 is 0.750 bits per heavy atom. The van der Waals surface area contributed by atoms with Crippen molar-refractivity contribution >= 4 is 58.2 Å². The van der Waals surface area contributed by atoms with Gasteiger partial charge in [-0.3, -0.25) is 19.2 Å². The lowest BCUT2D eigenvalue weighted by Crippen LogP contribution is -2.50. The molecule has 0 saturated carbocycles. The molecule has 4 aliphatic rings. The van der Waals surface area contributed by atoms with Crippen molar-refractivity contribution in [1.82, 2.24) is 10.0 Å². The van der Waals surface area contributed by atoms with E-state index in [9.17, 15) is 19.2 Å². The number of hydrogen-bond acceptors (Lipinski definition) is 6. The third-order valence-corrected chi connectivity index (χ3v) is 10.6. The summed E-state index contributed by atoms with van der Waals surface area (Å²) in [5, 5.41) is 4.75. The lowest BCUT2D eigenvalue weighted by atomic mass is 9.84. The molecular weight excluding hydrogens is 647 g/mol. The summed E-state index contributed by atoms with van der Waals surface area (Å²) in [5.41, 5.74) is 6.17. The van der Waals surface area contributed by atoms with Gasteiger partial charge in [0.05, 0.1) is 35.3 Å². The molecule has 6 atom stereocenters. The van der Waals surface area contributed by atoms with Crippen LogP contribution in [0.3, 0.4) is 0 Å². The number of hydrazine groups is 1. The molecule has 4 aromatic rings. The van der Waals surface area contributed by atoms with Crippen LogP contribution in [0, 0.1) is 39.5 Å². The third-order valence-electron chi connectivity index (χ3n) is 10.1. The van der Waals surface area contributed by atoms with Crippen molar-refractivity contribution in [2.45, 2.75) is 51.9 Å². The summed E-state index contributed by atoms with van der Waals surface area (Å²) in [7, 11) is 0. The molecule has 242 valence electrons. The first-order valence-corrected chi connectivity index (χ1v) is 16.7. The standard InChI is InChI=1S/C38H32Cl2N4O4/c1-19-13-20(2)16-27(15-19)41-35(45)29-31(23-5-9-25(39)10-6-23)44-34-30(36(46)42(38(34)48)28-17-21(3)14-22(4)18-28)32(43(44)33(29)37(41)47)24-7-11-26(40)12-8-24/h5-18,29-34H,1-4H3. The van der Waals surface area contributed by atoms with Gasteiger partial charge in [0.1, 0.15) is 12.1 Å². The second-order valence-electron chi connectivity index (χ2n) is 13.4. The van der Waals surface area contributed by atoms with E-state index in [1.54, 1.807) is 24.3 Å². The smallest absolute Gasteiger partial charge is 0.253 e. The molecule has 8 rings (SSSR count). The Bertz CT molecular complexity index is 1860. The number of anilines is 2. The number of imide groups is 2. The van der Waals surface area contributed by atoms with Crippen LogP contribution in [0.15, 0.2) is 84.9 Å². The normalized spacial score (nSPS) is 26.9. The number of carbonyl (C=O) groups excluding carboxylic acids is 4. The molecule has 0 aromatic heterocycles. The zero-order valence-corrected chi connectivity index (χ0v) is 28.2. The van der Waals surface area contributed by atoms with Gasteiger partial charge in [-0.2, -0.15) is 0 Å². The van der Waals surface area contributed by atoms with E-state index in [2.05, 4.69) is 0 Å². The van der Waals surface area contributed by atoms with Crippen LogP contribution in [0.25, 0.3) is 0 Å². The number of aryl methyl sites for hydroxylation is 4. The lowest BCUT2D eigenvalue weighted by Gasteiger charge is -2.36. The highest BCUT2D eigenvalue weighted by Gasteiger charge is 2.73. The first kappa shape index (κ1) is 31.0. The maximum Gasteiger partial charge on any atom is 0.253 e. The van der Waals surface area contributed by atoms with Crippen molar-refractivity contribution in [3.63, 3.8) is 0 Å². The number of nitrogens with zero attached hydrogens (tertiary/aromatic N) is 4. The molecule has 4 fully saturated rings. The topological polar surface area (TPSA) is 81.2 Å². The Labute approximate surface area is 288 Å². The van der Waals surface area contributed by atoms with E-state index in [4.69, 9.17) is 23.2 Å². The van der Waals surface area contributed by atoms with Crippen molar-refractivity contribution in [2.75, 3.05) is 9.80 Å². The number of carbonyl (C=O) groups is 4. The predicted molar refractivity (Wildman–Crippen MR) is 183 cm³/mol. The molecule has 4 aliphatic heterocycles. The average Bonchev–Trinajstić information content (AvgIpc) is 3.68. The number of amides is 4. The van der Waals surface area contributed by atoms with Crippen molar-refractivity contribution in [2.24, 2.45) is 11.8 Å². The zero-order chi connectivity index (χ0) is 33.8. The summed E-state index contributed by atoms with van der Waals surface area (Å²) in [5.74, 6) is -3.18. The van der Waals surface area contributed by atoms with Crippen LogP contribution in [0.5, 0.6) is 0 Å². The Morgan fingerprint density at radius 3 is 1.06 bits per heavy atom. The molecule has 4 amide bonds. The minimum atomic E-state index is -0.958. The molecule has 4 saturated heterocycles. The fourth-order valence-corrected chi connectivity index (χ4v) is 8.74. The maximum absolute atomic E-state index is 14.7. The number of halogens is 2. The summed E-state index contributed by atoms with van der Waals surface area (Å²) in [6, 6.07) is 22.3. The highest BCUT2D eigenvalue weighted by Crippen LogP contribution is 2.60. The van der Waals surface area contributed by atoms with Gasteiger partial charge in [-0.1, -0.05) is 59.6 Å². The largest absolute Gasteiger partial charge is 0.274 e. The first-order valence-electron chi connectivity index (χ1n) is 15.9. The second-order valence-corrected chi connectivity index (χ2v) is 14.3. The van der Waals surface area contributed by atoms with Crippen LogP contribution >= 0.6 is 23.2 Å². The van der Waals surface area contributed by atoms with Crippen LogP contribution < -0.4 is 9.80 Å². The fraction of sp³-hybridized carbons (Fsp3) is 0.263. The van der Waals surface area contributed by atoms with Crippen LogP contribution in [-0.2, 0) is 19.2 Å². The Kier molecular flexibility index (Phi) is 7.16. The molecule has 4 heterocycles. The van der Waals surface area contributed by atoms with E-state index in [0.717, 1.165) is 33.4 Å². The van der Waals surface area contributed by atoms with E-state index < -0.39 is 36.0 Å². The quantitative estimate of drug-likeness (QED) is 0.224. The Balaban J connectivity index is 1.34. The van der Waals surface area contributed by atoms with Gasteiger partial charge in [0.25, 0.3) is 11.8 Å². The van der Waals surface area contributed by atoms with Crippen molar-refractivity contribution in [3.05, 3.63) is 128 Å². The molecule has 0 spiro atoms. The van der Waals surface area contributed by atoms with Crippen molar-refractivity contribution in [3.8, 4) is 0 Å². The van der Waals surface area contributed by atoms with E-state index in [0.29, 0.717) is 21.4 Å². The highest BCUT2D eigenvalue weighted by atomic mass is 35.5. The van der Waals surface area contributed by atoms with Crippen molar-refractivity contribution in [1.29, 1.82) is 0 Å². The summed E-state index contributed by atoms with van der Waals surface area (Å²) in [4.78, 5) is 61.2. The molecule has 0 radical (unpaired) electrons. The van der Waals surface area contributed by atoms with Gasteiger partial charge in [0.2, 0.25) is 11.8 Å². The second kappa shape index (κ2) is 11.1. The minimum absolute atomic E-state index is 0.348. The predicted octanol–water partition coefficient (Wildman–Crippen LogP) is 6.67. The molecule has 10 heteroatoms. The number of fused-ring (bicyclic) bond motifs is 5. The van der Waals surface area contributed by atoms with Gasteiger partial charge < -0.3 is 0 Å². The molecule has 8 nitrogen and oxygen atoms in total. The molecule has 48 heavy (non-hydrogen) atoms. The summed E-state index contributed by atoms with van der Waals surface area (Å²) in [6.07, 6.45) is 0. The molecule has 6 unspecified atom stereocenters. The van der Waals surface area contributed by atoms with E-state index in [-0.39, 0.29) is 23.6 Å². The fourth-order valence-electron chi connectivity index (χ4n) is 8.49. The van der Waals surface area contributed by atoms with Gasteiger partial charge in [0, 0.05) is 10.0 Å². The Hall–Kier alpha value is -4.34. The van der Waals surface area contributed by atoms with E-state index in [1.165, 1.54) is 9.80 Å². The molecular formula is C38H32Cl2N4O4. The Morgan fingerprint density at radius 1 is 0.438 bits per heavy atom. The van der Waals surface area contributed by atoms with Crippen LogP contribution in [0.4, 0.5) is 11.4 Å². The van der Waals surface area contributed by atoms with Crippen molar-refractivity contribution < 1.29 is 19.2 Å². The molecule has 0 N–H and O–H groups in total. The van der Waals surface area contributed by atoms with Gasteiger partial charge in [-0.25, -0.2) is 19.8 Å². The SMILES string of the molecule is Cc1cc(C)cc(N2C(=O)C3C(C2=O)N2C(c4ccc(Cl)cc4)C4C(=O)N(c5cc(C)cc(C)c5)C(=O)C4N2C3c2ccc(Cl)cc2)c1. The molecule has 4 aromatic carbocycles. The molecule has 0 bridgehead atoms. The third kappa shape index (κ3) is 4.50. The van der Waals surface area contributed by atoms with Gasteiger partial charge >= 0.3 is 0 Å². The monoisotopic (exact) mass is 678 g/mol. The van der Waals surface area contributed by atoms with Gasteiger partial charge in [-0.15, -0.1) is 0 Å².